The summed E-state index contributed by atoms with van der Waals surface area (Å²) in [6.45, 7) is 8.77. The number of amides is 2. The molecule has 0 unspecified atom stereocenters. The first-order valence-electron chi connectivity index (χ1n) is 10.7. The number of guanidine groups is 1. The maximum atomic E-state index is 12.6. The van der Waals surface area contributed by atoms with Crippen LogP contribution in [0.3, 0.4) is 0 Å². The summed E-state index contributed by atoms with van der Waals surface area (Å²) >= 11 is 0. The van der Waals surface area contributed by atoms with Crippen LogP contribution in [0.1, 0.15) is 39.0 Å². The second-order valence-corrected chi connectivity index (χ2v) is 7.91. The zero-order valence-electron chi connectivity index (χ0n) is 18.0. The molecule has 0 aromatic rings. The minimum Gasteiger partial charge on any atom is -0.356 e. The van der Waals surface area contributed by atoms with Gasteiger partial charge >= 0.3 is 0 Å². The number of rotatable bonds is 6. The molecule has 2 amide bonds. The molecule has 2 aliphatic heterocycles. The molecule has 0 saturated carbocycles. The van der Waals surface area contributed by atoms with Crippen molar-refractivity contribution in [2.24, 2.45) is 4.99 Å². The van der Waals surface area contributed by atoms with Crippen molar-refractivity contribution in [3.63, 3.8) is 0 Å². The van der Waals surface area contributed by atoms with Gasteiger partial charge in [-0.3, -0.25) is 14.5 Å². The molecule has 0 spiro atoms. The molecule has 2 rings (SSSR count). The Bertz CT molecular complexity index is 521. The Morgan fingerprint density at radius 1 is 0.929 bits per heavy atom. The second kappa shape index (κ2) is 11.9. The van der Waals surface area contributed by atoms with E-state index in [1.54, 1.807) is 19.0 Å². The van der Waals surface area contributed by atoms with Crippen LogP contribution in [0.5, 0.6) is 0 Å². The molecular weight excluding hydrogens is 356 g/mol. The van der Waals surface area contributed by atoms with Gasteiger partial charge in [0.25, 0.3) is 0 Å². The fraction of sp³-hybridized carbons (Fsp3) is 0.850. The quantitative estimate of drug-likeness (QED) is 0.523. The second-order valence-electron chi connectivity index (χ2n) is 7.91. The predicted octanol–water partition coefficient (Wildman–Crippen LogP) is 0.450. The molecule has 8 heteroatoms. The lowest BCUT2D eigenvalue weighted by atomic mass is 10.2. The molecule has 0 bridgehead atoms. The monoisotopic (exact) mass is 394 g/mol. The summed E-state index contributed by atoms with van der Waals surface area (Å²) in [5, 5.41) is 3.36. The number of likely N-dealkylation sites (tertiary alicyclic amines) is 1. The Morgan fingerprint density at radius 3 is 2.14 bits per heavy atom. The van der Waals surface area contributed by atoms with Gasteiger partial charge < -0.3 is 20.0 Å². The van der Waals surface area contributed by atoms with E-state index >= 15 is 0 Å². The lowest BCUT2D eigenvalue weighted by Gasteiger charge is -2.37. The van der Waals surface area contributed by atoms with Crippen LogP contribution in [-0.2, 0) is 9.59 Å². The van der Waals surface area contributed by atoms with Gasteiger partial charge in [-0.2, -0.15) is 0 Å². The van der Waals surface area contributed by atoms with Gasteiger partial charge in [0, 0.05) is 59.9 Å². The van der Waals surface area contributed by atoms with Gasteiger partial charge in [-0.25, -0.2) is 4.99 Å². The molecular formula is C20H38N6O2. The molecule has 0 radical (unpaired) electrons. The molecule has 160 valence electrons. The van der Waals surface area contributed by atoms with Gasteiger partial charge in [-0.15, -0.1) is 0 Å². The van der Waals surface area contributed by atoms with Crippen LogP contribution in [0.15, 0.2) is 4.99 Å². The van der Waals surface area contributed by atoms with E-state index < -0.39 is 0 Å². The molecule has 2 fully saturated rings. The zero-order valence-corrected chi connectivity index (χ0v) is 18.0. The zero-order chi connectivity index (χ0) is 20.4. The number of hydrogen-bond acceptors (Lipinski definition) is 4. The SMILES string of the molecule is CCCNC(=NCC(=O)N(C)C)N1CCN(CC(=O)N2CCCCCC2)CC1. The number of aliphatic imine (C=N–C) groups is 1. The van der Waals surface area contributed by atoms with Crippen LogP contribution < -0.4 is 5.32 Å². The van der Waals surface area contributed by atoms with Gasteiger partial charge in [-0.1, -0.05) is 19.8 Å². The number of hydrogen-bond donors (Lipinski definition) is 1. The van der Waals surface area contributed by atoms with E-state index in [-0.39, 0.29) is 18.4 Å². The van der Waals surface area contributed by atoms with Gasteiger partial charge in [0.2, 0.25) is 11.8 Å². The lowest BCUT2D eigenvalue weighted by Crippen LogP contribution is -2.54. The third-order valence-electron chi connectivity index (χ3n) is 5.39. The maximum Gasteiger partial charge on any atom is 0.243 e. The summed E-state index contributed by atoms with van der Waals surface area (Å²) in [6, 6.07) is 0. The highest BCUT2D eigenvalue weighted by Crippen LogP contribution is 2.11. The average molecular weight is 395 g/mol. The van der Waals surface area contributed by atoms with E-state index in [1.165, 1.54) is 12.8 Å². The lowest BCUT2D eigenvalue weighted by molar-refractivity contribution is -0.132. The Kier molecular flexibility index (Phi) is 9.54. The van der Waals surface area contributed by atoms with Crippen LogP contribution in [0.2, 0.25) is 0 Å². The molecule has 1 N–H and O–H groups in total. The number of nitrogens with zero attached hydrogens (tertiary/aromatic N) is 5. The molecule has 2 heterocycles. The summed E-state index contributed by atoms with van der Waals surface area (Å²) < 4.78 is 0. The van der Waals surface area contributed by atoms with Crippen molar-refractivity contribution in [3.8, 4) is 0 Å². The van der Waals surface area contributed by atoms with Crippen LogP contribution >= 0.6 is 0 Å². The highest BCUT2D eigenvalue weighted by atomic mass is 16.2. The van der Waals surface area contributed by atoms with Crippen molar-refractivity contribution >= 4 is 17.8 Å². The molecule has 0 aromatic heterocycles. The highest BCUT2D eigenvalue weighted by molar-refractivity contribution is 5.85. The number of carbonyl (C=O) groups excluding carboxylic acids is 2. The van der Waals surface area contributed by atoms with E-state index in [0.717, 1.165) is 71.0 Å². The smallest absolute Gasteiger partial charge is 0.243 e. The van der Waals surface area contributed by atoms with Crippen molar-refractivity contribution < 1.29 is 9.59 Å². The summed E-state index contributed by atoms with van der Waals surface area (Å²) in [5.41, 5.74) is 0. The van der Waals surface area contributed by atoms with Gasteiger partial charge in [0.1, 0.15) is 6.54 Å². The molecule has 2 saturated heterocycles. The van der Waals surface area contributed by atoms with Gasteiger partial charge in [-0.05, 0) is 19.3 Å². The van der Waals surface area contributed by atoms with Crippen LogP contribution in [0.4, 0.5) is 0 Å². The first kappa shape index (κ1) is 22.5. The van der Waals surface area contributed by atoms with E-state index in [0.29, 0.717) is 6.54 Å². The minimum atomic E-state index is -0.00233. The molecule has 2 aliphatic rings. The molecule has 8 nitrogen and oxygen atoms in total. The van der Waals surface area contributed by atoms with Gasteiger partial charge in [0.15, 0.2) is 5.96 Å². The minimum absolute atomic E-state index is 0.00233. The Hall–Kier alpha value is -1.83. The van der Waals surface area contributed by atoms with E-state index in [9.17, 15) is 9.59 Å². The van der Waals surface area contributed by atoms with Crippen molar-refractivity contribution in [1.29, 1.82) is 0 Å². The fourth-order valence-corrected chi connectivity index (χ4v) is 3.52. The summed E-state index contributed by atoms with van der Waals surface area (Å²) in [4.78, 5) is 37.1. The molecule has 28 heavy (non-hydrogen) atoms. The first-order chi connectivity index (χ1) is 13.5. The van der Waals surface area contributed by atoms with Crippen molar-refractivity contribution in [2.75, 3.05) is 73.0 Å². The number of nitrogens with one attached hydrogen (secondary N) is 1. The Labute approximate surface area is 169 Å². The molecule has 0 aromatic carbocycles. The highest BCUT2D eigenvalue weighted by Gasteiger charge is 2.24. The summed E-state index contributed by atoms with van der Waals surface area (Å²) in [7, 11) is 3.49. The van der Waals surface area contributed by atoms with Crippen LogP contribution in [0, 0.1) is 0 Å². The van der Waals surface area contributed by atoms with E-state index in [2.05, 4.69) is 27.0 Å². The van der Waals surface area contributed by atoms with Crippen LogP contribution in [0.25, 0.3) is 0 Å². The van der Waals surface area contributed by atoms with Crippen molar-refractivity contribution in [1.82, 2.24) is 24.9 Å². The number of carbonyl (C=O) groups is 2. The largest absolute Gasteiger partial charge is 0.356 e. The Morgan fingerprint density at radius 2 is 1.57 bits per heavy atom. The average Bonchev–Trinajstić information content (AvgIpc) is 2.98. The first-order valence-corrected chi connectivity index (χ1v) is 10.7. The fourth-order valence-electron chi connectivity index (χ4n) is 3.52. The predicted molar refractivity (Wildman–Crippen MR) is 112 cm³/mol. The molecule has 0 atom stereocenters. The maximum absolute atomic E-state index is 12.6. The van der Waals surface area contributed by atoms with Crippen LogP contribution in [-0.4, -0.2) is 110 Å². The van der Waals surface area contributed by atoms with Crippen molar-refractivity contribution in [3.05, 3.63) is 0 Å². The topological polar surface area (TPSA) is 71.5 Å². The van der Waals surface area contributed by atoms with E-state index in [1.807, 2.05) is 4.90 Å². The van der Waals surface area contributed by atoms with Gasteiger partial charge in [0.05, 0.1) is 6.54 Å². The Balaban J connectivity index is 1.84. The standard InChI is InChI=1S/C20H38N6O2/c1-4-9-21-20(22-16-18(27)23(2)3)26-14-12-24(13-15-26)17-19(28)25-10-7-5-6-8-11-25/h4-17H2,1-3H3,(H,21,22). The third kappa shape index (κ3) is 7.30. The summed E-state index contributed by atoms with van der Waals surface area (Å²) in [6.07, 6.45) is 5.75. The third-order valence-corrected chi connectivity index (χ3v) is 5.39. The number of likely N-dealkylation sites (N-methyl/N-ethyl adjacent to an activating group) is 1. The summed E-state index contributed by atoms with van der Waals surface area (Å²) in [5.74, 6) is 1.07. The van der Waals surface area contributed by atoms with E-state index in [4.69, 9.17) is 0 Å². The molecule has 0 aliphatic carbocycles. The van der Waals surface area contributed by atoms with Crippen molar-refractivity contribution in [2.45, 2.75) is 39.0 Å². The normalized spacial score (nSPS) is 19.3. The number of piperazine rings is 1.